The van der Waals surface area contributed by atoms with Gasteiger partial charge < -0.3 is 4.57 Å². The summed E-state index contributed by atoms with van der Waals surface area (Å²) < 4.78 is 4.11. The van der Waals surface area contributed by atoms with Gasteiger partial charge in [-0.3, -0.25) is 9.36 Å². The molecule has 0 aliphatic rings. The summed E-state index contributed by atoms with van der Waals surface area (Å²) in [5.41, 5.74) is 6.37. The molecule has 0 saturated carbocycles. The molecule has 0 amide bonds. The molecule has 0 bridgehead atoms. The number of benzene rings is 1. The lowest BCUT2D eigenvalue weighted by molar-refractivity contribution is 0.102. The van der Waals surface area contributed by atoms with Crippen molar-refractivity contribution in [3.63, 3.8) is 0 Å². The number of aromatic nitrogens is 4. The van der Waals surface area contributed by atoms with Crippen molar-refractivity contribution in [1.82, 2.24) is 19.3 Å². The van der Waals surface area contributed by atoms with E-state index in [9.17, 15) is 4.79 Å². The number of hydrogen-bond acceptors (Lipinski definition) is 4. The molecule has 136 valence electrons. The number of thioether (sulfide) groups is 1. The summed E-state index contributed by atoms with van der Waals surface area (Å²) in [6.07, 6.45) is 1.70. The molecule has 0 spiro atoms. The van der Waals surface area contributed by atoms with Crippen molar-refractivity contribution in [3.8, 4) is 5.69 Å². The van der Waals surface area contributed by atoms with Gasteiger partial charge in [0.1, 0.15) is 6.33 Å². The Bertz CT molecular complexity index is 955. The molecule has 0 N–H and O–H groups in total. The van der Waals surface area contributed by atoms with Gasteiger partial charge in [0.15, 0.2) is 10.9 Å². The van der Waals surface area contributed by atoms with Gasteiger partial charge in [-0.2, -0.15) is 0 Å². The molecule has 2 heterocycles. The van der Waals surface area contributed by atoms with Gasteiger partial charge >= 0.3 is 0 Å². The second-order valence-electron chi connectivity index (χ2n) is 6.51. The summed E-state index contributed by atoms with van der Waals surface area (Å²) in [4.78, 5) is 12.7. The maximum atomic E-state index is 12.7. The molecular weight excluding hydrogens is 344 g/mol. The number of carbonyl (C=O) groups excluding carboxylic acids is 1. The van der Waals surface area contributed by atoms with Gasteiger partial charge in [0, 0.05) is 23.5 Å². The lowest BCUT2D eigenvalue weighted by Crippen LogP contribution is -2.07. The largest absolute Gasteiger partial charge is 0.349 e. The van der Waals surface area contributed by atoms with E-state index in [1.807, 2.05) is 24.5 Å². The van der Waals surface area contributed by atoms with Gasteiger partial charge in [-0.05, 0) is 52.3 Å². The first-order valence-electron chi connectivity index (χ1n) is 8.72. The van der Waals surface area contributed by atoms with E-state index in [1.54, 1.807) is 6.33 Å². The van der Waals surface area contributed by atoms with Crippen LogP contribution in [0.25, 0.3) is 5.69 Å². The predicted molar refractivity (Wildman–Crippen MR) is 105 cm³/mol. The number of rotatable bonds is 6. The van der Waals surface area contributed by atoms with Crippen molar-refractivity contribution < 1.29 is 4.79 Å². The first-order valence-corrected chi connectivity index (χ1v) is 9.71. The van der Waals surface area contributed by atoms with Gasteiger partial charge in [-0.25, -0.2) is 0 Å². The first-order chi connectivity index (χ1) is 12.4. The van der Waals surface area contributed by atoms with Crippen LogP contribution in [-0.2, 0) is 6.54 Å². The van der Waals surface area contributed by atoms with Gasteiger partial charge in [0.25, 0.3) is 0 Å². The zero-order valence-electron chi connectivity index (χ0n) is 15.9. The van der Waals surface area contributed by atoms with E-state index in [0.29, 0.717) is 5.75 Å². The zero-order chi connectivity index (χ0) is 18.8. The van der Waals surface area contributed by atoms with E-state index < -0.39 is 0 Å². The van der Waals surface area contributed by atoms with Crippen LogP contribution >= 0.6 is 11.8 Å². The molecular formula is C20H24N4OS. The fraction of sp³-hybridized carbons (Fsp3) is 0.350. The van der Waals surface area contributed by atoms with Crippen LogP contribution in [0.1, 0.15) is 39.8 Å². The van der Waals surface area contributed by atoms with Crippen LogP contribution in [0, 0.1) is 27.7 Å². The Balaban J connectivity index is 1.79. The Morgan fingerprint density at radius 1 is 1.15 bits per heavy atom. The number of carbonyl (C=O) groups is 1. The molecule has 0 radical (unpaired) electrons. The summed E-state index contributed by atoms with van der Waals surface area (Å²) in [6, 6.07) is 8.25. The topological polar surface area (TPSA) is 52.7 Å². The molecule has 6 heteroatoms. The molecule has 0 unspecified atom stereocenters. The highest BCUT2D eigenvalue weighted by Crippen LogP contribution is 2.24. The SMILES string of the molecule is CCn1c(C)cc(C(=O)CSc2nncn2-c2ccc(C)cc2C)c1C. The lowest BCUT2D eigenvalue weighted by Gasteiger charge is -2.10. The average molecular weight is 369 g/mol. The van der Waals surface area contributed by atoms with Gasteiger partial charge in [0.2, 0.25) is 0 Å². The molecule has 5 nitrogen and oxygen atoms in total. The minimum absolute atomic E-state index is 0.123. The normalized spacial score (nSPS) is 11.1. The Hall–Kier alpha value is -2.34. The van der Waals surface area contributed by atoms with E-state index >= 15 is 0 Å². The molecule has 26 heavy (non-hydrogen) atoms. The van der Waals surface area contributed by atoms with Gasteiger partial charge in [-0.15, -0.1) is 10.2 Å². The van der Waals surface area contributed by atoms with Crippen molar-refractivity contribution in [2.24, 2.45) is 0 Å². The van der Waals surface area contributed by atoms with E-state index in [4.69, 9.17) is 0 Å². The molecule has 0 aliphatic heterocycles. The standard InChI is InChI=1S/C20H24N4OS/c1-6-23-15(4)10-17(16(23)5)19(25)11-26-20-22-21-12-24(20)18-8-7-13(2)9-14(18)3/h7-10,12H,6,11H2,1-5H3. The molecule has 0 saturated heterocycles. The highest BCUT2D eigenvalue weighted by Gasteiger charge is 2.17. The fourth-order valence-electron chi connectivity index (χ4n) is 3.34. The van der Waals surface area contributed by atoms with Crippen molar-refractivity contribution in [2.75, 3.05) is 5.75 Å². The summed E-state index contributed by atoms with van der Waals surface area (Å²) in [5, 5.41) is 8.97. The van der Waals surface area contributed by atoms with Crippen LogP contribution in [0.15, 0.2) is 35.7 Å². The van der Waals surface area contributed by atoms with Crippen LogP contribution < -0.4 is 0 Å². The molecule has 0 aliphatic carbocycles. The Labute approximate surface area is 158 Å². The maximum absolute atomic E-state index is 12.7. The monoisotopic (exact) mass is 368 g/mol. The smallest absolute Gasteiger partial charge is 0.196 e. The zero-order valence-corrected chi connectivity index (χ0v) is 16.7. The summed E-state index contributed by atoms with van der Waals surface area (Å²) >= 11 is 1.43. The number of aryl methyl sites for hydroxylation is 3. The highest BCUT2D eigenvalue weighted by molar-refractivity contribution is 7.99. The lowest BCUT2D eigenvalue weighted by atomic mass is 10.1. The fourth-order valence-corrected chi connectivity index (χ4v) is 4.15. The van der Waals surface area contributed by atoms with Crippen LogP contribution in [0.3, 0.4) is 0 Å². The van der Waals surface area contributed by atoms with Gasteiger partial charge in [0.05, 0.1) is 11.4 Å². The number of Topliss-reactive ketones (excluding diaryl/α,β-unsaturated/α-hetero) is 1. The van der Waals surface area contributed by atoms with E-state index in [0.717, 1.165) is 39.9 Å². The van der Waals surface area contributed by atoms with Crippen LogP contribution in [0.5, 0.6) is 0 Å². The molecule has 3 aromatic rings. The third-order valence-electron chi connectivity index (χ3n) is 4.65. The Morgan fingerprint density at radius 2 is 1.92 bits per heavy atom. The van der Waals surface area contributed by atoms with Crippen molar-refractivity contribution >= 4 is 17.5 Å². The highest BCUT2D eigenvalue weighted by atomic mass is 32.2. The molecule has 2 aromatic heterocycles. The number of ketones is 1. The quantitative estimate of drug-likeness (QED) is 0.481. The predicted octanol–water partition coefficient (Wildman–Crippen LogP) is 4.30. The minimum atomic E-state index is 0.123. The first kappa shape index (κ1) is 18.5. The second kappa shape index (κ2) is 7.50. The molecule has 0 atom stereocenters. The number of hydrogen-bond donors (Lipinski definition) is 0. The minimum Gasteiger partial charge on any atom is -0.349 e. The van der Waals surface area contributed by atoms with E-state index in [-0.39, 0.29) is 5.78 Å². The van der Waals surface area contributed by atoms with Crippen molar-refractivity contribution in [2.45, 2.75) is 46.3 Å². The number of nitrogens with zero attached hydrogens (tertiary/aromatic N) is 4. The average Bonchev–Trinajstić information content (AvgIpc) is 3.17. The van der Waals surface area contributed by atoms with Crippen LogP contribution in [-0.4, -0.2) is 30.9 Å². The Kier molecular flexibility index (Phi) is 5.32. The summed E-state index contributed by atoms with van der Waals surface area (Å²) in [6.45, 7) is 11.2. The van der Waals surface area contributed by atoms with E-state index in [2.05, 4.69) is 53.7 Å². The summed E-state index contributed by atoms with van der Waals surface area (Å²) in [7, 11) is 0. The second-order valence-corrected chi connectivity index (χ2v) is 7.46. The van der Waals surface area contributed by atoms with Crippen LogP contribution in [0.2, 0.25) is 0 Å². The maximum Gasteiger partial charge on any atom is 0.196 e. The third-order valence-corrected chi connectivity index (χ3v) is 5.59. The molecule has 1 aromatic carbocycles. The van der Waals surface area contributed by atoms with Crippen molar-refractivity contribution in [1.29, 1.82) is 0 Å². The molecule has 3 rings (SSSR count). The summed E-state index contributed by atoms with van der Waals surface area (Å²) in [5.74, 6) is 0.468. The third kappa shape index (κ3) is 3.46. The van der Waals surface area contributed by atoms with Gasteiger partial charge in [-0.1, -0.05) is 29.5 Å². The van der Waals surface area contributed by atoms with Crippen LogP contribution in [0.4, 0.5) is 0 Å². The van der Waals surface area contributed by atoms with Crippen molar-refractivity contribution in [3.05, 3.63) is 58.7 Å². The molecule has 0 fully saturated rings. The Morgan fingerprint density at radius 3 is 2.58 bits per heavy atom. The van der Waals surface area contributed by atoms with E-state index in [1.165, 1.54) is 17.3 Å².